The molecule has 1 atom stereocenters. The predicted octanol–water partition coefficient (Wildman–Crippen LogP) is 3.07. The Morgan fingerprint density at radius 3 is 2.14 bits per heavy atom. The van der Waals surface area contributed by atoms with Crippen molar-refractivity contribution in [3.63, 3.8) is 0 Å². The highest BCUT2D eigenvalue weighted by atomic mass is 16.5. The molecular weight excluding hydrogens is 282 g/mol. The van der Waals surface area contributed by atoms with E-state index >= 15 is 0 Å². The number of nitrogens with one attached hydrogen (secondary N) is 1. The fourth-order valence-electron chi connectivity index (χ4n) is 2.88. The van der Waals surface area contributed by atoms with Gasteiger partial charge in [-0.1, -0.05) is 26.2 Å². The van der Waals surface area contributed by atoms with E-state index in [0.717, 1.165) is 37.1 Å². The number of hydrogen-bond acceptors (Lipinski definition) is 5. The summed E-state index contributed by atoms with van der Waals surface area (Å²) in [5, 5.41) is 3.11. The van der Waals surface area contributed by atoms with Crippen LogP contribution in [0.15, 0.2) is 22.5 Å². The number of dihydropyridines is 1. The number of methoxy groups -OCH3 is 1. The van der Waals surface area contributed by atoms with Gasteiger partial charge in [-0.3, -0.25) is 0 Å². The second-order valence-electron chi connectivity index (χ2n) is 5.46. The van der Waals surface area contributed by atoms with Crippen molar-refractivity contribution in [1.29, 1.82) is 0 Å². The minimum absolute atomic E-state index is 0.265. The van der Waals surface area contributed by atoms with Crippen LogP contribution in [0.2, 0.25) is 0 Å². The fraction of sp³-hybridized carbons (Fsp3) is 0.647. The Morgan fingerprint density at radius 1 is 1.05 bits per heavy atom. The molecule has 1 heterocycles. The zero-order valence-electron chi connectivity index (χ0n) is 14.2. The minimum atomic E-state index is -0.388. The molecule has 1 unspecified atom stereocenters. The molecule has 0 aromatic carbocycles. The largest absolute Gasteiger partial charge is 0.466 e. The lowest BCUT2D eigenvalue weighted by atomic mass is 9.82. The minimum Gasteiger partial charge on any atom is -0.466 e. The van der Waals surface area contributed by atoms with Crippen molar-refractivity contribution in [2.75, 3.05) is 13.7 Å². The molecule has 0 radical (unpaired) electrons. The molecule has 0 aromatic heterocycles. The lowest BCUT2D eigenvalue weighted by molar-refractivity contribution is -0.139. The topological polar surface area (TPSA) is 64.6 Å². The highest BCUT2D eigenvalue weighted by Crippen LogP contribution is 2.34. The van der Waals surface area contributed by atoms with E-state index in [9.17, 15) is 9.59 Å². The van der Waals surface area contributed by atoms with E-state index in [4.69, 9.17) is 9.47 Å². The maximum Gasteiger partial charge on any atom is 0.336 e. The van der Waals surface area contributed by atoms with Gasteiger partial charge in [-0.05, 0) is 27.2 Å². The maximum atomic E-state index is 12.3. The summed E-state index contributed by atoms with van der Waals surface area (Å²) in [5.41, 5.74) is 2.58. The van der Waals surface area contributed by atoms with Gasteiger partial charge in [-0.2, -0.15) is 0 Å². The Hall–Kier alpha value is -1.78. The van der Waals surface area contributed by atoms with Crippen LogP contribution in [0.1, 0.15) is 53.4 Å². The van der Waals surface area contributed by atoms with Crippen LogP contribution in [-0.2, 0) is 19.1 Å². The number of rotatable bonds is 7. The van der Waals surface area contributed by atoms with Crippen LogP contribution >= 0.6 is 0 Å². The fourth-order valence-corrected chi connectivity index (χ4v) is 2.88. The van der Waals surface area contributed by atoms with Crippen molar-refractivity contribution < 1.29 is 19.1 Å². The Kier molecular flexibility index (Phi) is 7.15. The molecule has 0 bridgehead atoms. The molecule has 5 nitrogen and oxygen atoms in total. The molecule has 0 aromatic rings. The number of ether oxygens (including phenoxy) is 2. The van der Waals surface area contributed by atoms with Gasteiger partial charge in [0.05, 0.1) is 24.9 Å². The number of esters is 2. The average Bonchev–Trinajstić information content (AvgIpc) is 2.46. The third kappa shape index (κ3) is 4.12. The van der Waals surface area contributed by atoms with Crippen LogP contribution in [-0.4, -0.2) is 25.7 Å². The molecule has 1 rings (SSSR count). The second kappa shape index (κ2) is 8.61. The van der Waals surface area contributed by atoms with Gasteiger partial charge in [0, 0.05) is 17.3 Å². The molecule has 1 aliphatic rings. The van der Waals surface area contributed by atoms with Gasteiger partial charge in [-0.15, -0.1) is 0 Å². The van der Waals surface area contributed by atoms with E-state index in [1.807, 2.05) is 13.8 Å². The van der Waals surface area contributed by atoms with Crippen LogP contribution in [0.3, 0.4) is 0 Å². The normalized spacial score (nSPS) is 18.1. The Balaban J connectivity index is 3.18. The standard InChI is InChI=1S/C17H27NO4/c1-6-8-9-10-13-14(16(19)21-5)11(3)18-12(4)15(13)17(20)22-7-2/h13,18H,6-10H2,1-5H3. The van der Waals surface area contributed by atoms with E-state index in [-0.39, 0.29) is 17.9 Å². The molecule has 0 fully saturated rings. The lowest BCUT2D eigenvalue weighted by Gasteiger charge is -2.30. The average molecular weight is 309 g/mol. The van der Waals surface area contributed by atoms with Crippen LogP contribution in [0.25, 0.3) is 0 Å². The summed E-state index contributed by atoms with van der Waals surface area (Å²) in [6, 6.07) is 0. The van der Waals surface area contributed by atoms with Crippen molar-refractivity contribution in [2.45, 2.75) is 53.4 Å². The van der Waals surface area contributed by atoms with Gasteiger partial charge in [0.15, 0.2) is 0 Å². The zero-order chi connectivity index (χ0) is 16.7. The molecule has 0 saturated carbocycles. The third-order valence-electron chi connectivity index (χ3n) is 3.88. The van der Waals surface area contributed by atoms with E-state index in [2.05, 4.69) is 12.2 Å². The van der Waals surface area contributed by atoms with Gasteiger partial charge in [0.1, 0.15) is 0 Å². The highest BCUT2D eigenvalue weighted by Gasteiger charge is 2.35. The van der Waals surface area contributed by atoms with Crippen molar-refractivity contribution >= 4 is 11.9 Å². The van der Waals surface area contributed by atoms with E-state index < -0.39 is 0 Å². The Bertz CT molecular complexity index is 491. The molecule has 124 valence electrons. The van der Waals surface area contributed by atoms with Gasteiger partial charge in [0.2, 0.25) is 0 Å². The monoisotopic (exact) mass is 309 g/mol. The number of carbonyl (C=O) groups is 2. The van der Waals surface area contributed by atoms with E-state index in [1.54, 1.807) is 6.92 Å². The molecule has 0 spiro atoms. The Labute approximate surface area is 132 Å². The summed E-state index contributed by atoms with van der Waals surface area (Å²) in [6.07, 6.45) is 3.83. The number of hydrogen-bond donors (Lipinski definition) is 1. The zero-order valence-corrected chi connectivity index (χ0v) is 14.2. The van der Waals surface area contributed by atoms with Crippen molar-refractivity contribution in [2.24, 2.45) is 5.92 Å². The number of carbonyl (C=O) groups excluding carboxylic acids is 2. The first-order chi connectivity index (χ1) is 10.5. The molecule has 5 heteroatoms. The molecule has 0 saturated heterocycles. The van der Waals surface area contributed by atoms with Crippen molar-refractivity contribution in [3.8, 4) is 0 Å². The van der Waals surface area contributed by atoms with E-state index in [1.165, 1.54) is 7.11 Å². The third-order valence-corrected chi connectivity index (χ3v) is 3.88. The van der Waals surface area contributed by atoms with Gasteiger partial charge >= 0.3 is 11.9 Å². The van der Waals surface area contributed by atoms with Crippen LogP contribution in [0.5, 0.6) is 0 Å². The summed E-state index contributed by atoms with van der Waals surface area (Å²) in [7, 11) is 1.36. The molecule has 0 amide bonds. The Morgan fingerprint density at radius 2 is 1.64 bits per heavy atom. The van der Waals surface area contributed by atoms with Crippen LogP contribution in [0.4, 0.5) is 0 Å². The molecular formula is C17H27NO4. The smallest absolute Gasteiger partial charge is 0.336 e. The van der Waals surface area contributed by atoms with Crippen molar-refractivity contribution in [1.82, 2.24) is 5.32 Å². The number of unbranched alkanes of at least 4 members (excludes halogenated alkanes) is 2. The van der Waals surface area contributed by atoms with E-state index in [0.29, 0.717) is 17.8 Å². The first-order valence-corrected chi connectivity index (χ1v) is 7.91. The molecule has 1 aliphatic heterocycles. The summed E-state index contributed by atoms with van der Waals surface area (Å²) < 4.78 is 10.1. The predicted molar refractivity (Wildman–Crippen MR) is 84.8 cm³/mol. The molecule has 1 N–H and O–H groups in total. The SMILES string of the molecule is CCCCCC1C(C(=O)OC)=C(C)NC(C)=C1C(=O)OCC. The van der Waals surface area contributed by atoms with Crippen molar-refractivity contribution in [3.05, 3.63) is 22.5 Å². The quantitative estimate of drug-likeness (QED) is 0.578. The second-order valence-corrected chi connectivity index (χ2v) is 5.46. The maximum absolute atomic E-state index is 12.3. The molecule has 22 heavy (non-hydrogen) atoms. The summed E-state index contributed by atoms with van der Waals surface area (Å²) >= 11 is 0. The van der Waals surface area contributed by atoms with Gasteiger partial charge in [-0.25, -0.2) is 9.59 Å². The first kappa shape index (κ1) is 18.3. The van der Waals surface area contributed by atoms with Crippen LogP contribution in [0, 0.1) is 5.92 Å². The summed E-state index contributed by atoms with van der Waals surface area (Å²) in [6.45, 7) is 7.89. The van der Waals surface area contributed by atoms with Gasteiger partial charge in [0.25, 0.3) is 0 Å². The highest BCUT2D eigenvalue weighted by molar-refractivity contribution is 5.97. The lowest BCUT2D eigenvalue weighted by Crippen LogP contribution is -2.33. The number of allylic oxidation sites excluding steroid dienone is 2. The summed E-state index contributed by atoms with van der Waals surface area (Å²) in [4.78, 5) is 24.5. The summed E-state index contributed by atoms with van der Waals surface area (Å²) in [5.74, 6) is -1.01. The first-order valence-electron chi connectivity index (χ1n) is 7.91. The van der Waals surface area contributed by atoms with Crippen LogP contribution < -0.4 is 5.32 Å². The molecule has 0 aliphatic carbocycles. The van der Waals surface area contributed by atoms with Gasteiger partial charge < -0.3 is 14.8 Å².